The summed E-state index contributed by atoms with van der Waals surface area (Å²) < 4.78 is 2.63. The molecule has 0 fully saturated rings. The number of carbonyl (C=O) groups excluding carboxylic acids is 1. The SMILES string of the molecule is O=C(Nc1ccccc1Cl)c1cnc2cc(Br)ccn12. The van der Waals surface area contributed by atoms with E-state index in [0.29, 0.717) is 22.1 Å². The molecule has 0 unspecified atom stereocenters. The van der Waals surface area contributed by atoms with Crippen LogP contribution in [0.3, 0.4) is 0 Å². The second-order valence-electron chi connectivity index (χ2n) is 4.15. The molecule has 3 aromatic rings. The minimum Gasteiger partial charge on any atom is -0.319 e. The standard InChI is InChI=1S/C14H9BrClN3O/c15-9-5-6-19-12(8-17-13(19)7-9)14(20)18-11-4-2-1-3-10(11)16/h1-8H,(H,18,20). The number of carbonyl (C=O) groups is 1. The average molecular weight is 351 g/mol. The maximum atomic E-state index is 12.3. The van der Waals surface area contributed by atoms with E-state index < -0.39 is 0 Å². The van der Waals surface area contributed by atoms with E-state index in [9.17, 15) is 4.79 Å². The molecular formula is C14H9BrClN3O. The molecule has 0 aliphatic rings. The third kappa shape index (κ3) is 2.42. The van der Waals surface area contributed by atoms with Gasteiger partial charge in [0.15, 0.2) is 0 Å². The zero-order chi connectivity index (χ0) is 14.1. The van der Waals surface area contributed by atoms with Crippen molar-refractivity contribution in [2.24, 2.45) is 0 Å². The third-order valence-corrected chi connectivity index (χ3v) is 3.65. The Morgan fingerprint density at radius 1 is 1.30 bits per heavy atom. The first-order valence-electron chi connectivity index (χ1n) is 5.83. The van der Waals surface area contributed by atoms with Crippen LogP contribution in [0.25, 0.3) is 5.65 Å². The first-order valence-corrected chi connectivity index (χ1v) is 7.01. The molecule has 2 heterocycles. The number of nitrogens with zero attached hydrogens (tertiary/aromatic N) is 2. The predicted molar refractivity (Wildman–Crippen MR) is 82.3 cm³/mol. The summed E-state index contributed by atoms with van der Waals surface area (Å²) in [7, 11) is 0. The van der Waals surface area contributed by atoms with Crippen LogP contribution >= 0.6 is 27.5 Å². The molecule has 0 aliphatic carbocycles. The minimum atomic E-state index is -0.257. The first kappa shape index (κ1) is 13.1. The lowest BCUT2D eigenvalue weighted by atomic mass is 10.3. The third-order valence-electron chi connectivity index (χ3n) is 2.83. The molecule has 1 amide bonds. The number of amides is 1. The van der Waals surface area contributed by atoms with Crippen LogP contribution < -0.4 is 5.32 Å². The van der Waals surface area contributed by atoms with E-state index in [2.05, 4.69) is 26.2 Å². The second kappa shape index (κ2) is 5.26. The molecule has 2 aromatic heterocycles. The number of para-hydroxylation sites is 1. The molecule has 1 aromatic carbocycles. The number of hydrogen-bond donors (Lipinski definition) is 1. The zero-order valence-corrected chi connectivity index (χ0v) is 12.5. The Bertz CT molecular complexity index is 800. The van der Waals surface area contributed by atoms with E-state index >= 15 is 0 Å². The van der Waals surface area contributed by atoms with Gasteiger partial charge < -0.3 is 5.32 Å². The van der Waals surface area contributed by atoms with E-state index in [1.54, 1.807) is 22.7 Å². The van der Waals surface area contributed by atoms with Crippen LogP contribution in [0.2, 0.25) is 5.02 Å². The Morgan fingerprint density at radius 3 is 2.90 bits per heavy atom. The fourth-order valence-electron chi connectivity index (χ4n) is 1.87. The summed E-state index contributed by atoms with van der Waals surface area (Å²) in [5.41, 5.74) is 1.72. The molecule has 0 spiro atoms. The van der Waals surface area contributed by atoms with E-state index in [1.165, 1.54) is 6.20 Å². The second-order valence-corrected chi connectivity index (χ2v) is 5.47. The number of hydrogen-bond acceptors (Lipinski definition) is 2. The summed E-state index contributed by atoms with van der Waals surface area (Å²) in [5.74, 6) is -0.257. The molecule has 0 saturated carbocycles. The maximum absolute atomic E-state index is 12.3. The van der Waals surface area contributed by atoms with E-state index in [-0.39, 0.29) is 5.91 Å². The van der Waals surface area contributed by atoms with Crippen LogP contribution in [-0.2, 0) is 0 Å². The summed E-state index contributed by atoms with van der Waals surface area (Å²) in [6, 6.07) is 10.8. The highest BCUT2D eigenvalue weighted by atomic mass is 79.9. The van der Waals surface area contributed by atoms with Gasteiger partial charge in [-0.05, 0) is 24.3 Å². The van der Waals surface area contributed by atoms with Crippen molar-refractivity contribution in [2.45, 2.75) is 0 Å². The number of pyridine rings is 1. The smallest absolute Gasteiger partial charge is 0.274 e. The van der Waals surface area contributed by atoms with Crippen LogP contribution in [0.1, 0.15) is 10.5 Å². The summed E-state index contributed by atoms with van der Waals surface area (Å²) in [4.78, 5) is 16.5. The largest absolute Gasteiger partial charge is 0.319 e. The molecule has 1 N–H and O–H groups in total. The van der Waals surface area contributed by atoms with Crippen molar-refractivity contribution >= 4 is 44.8 Å². The fourth-order valence-corrected chi connectivity index (χ4v) is 2.38. The van der Waals surface area contributed by atoms with Crippen molar-refractivity contribution in [3.63, 3.8) is 0 Å². The van der Waals surface area contributed by atoms with Gasteiger partial charge in [-0.2, -0.15) is 0 Å². The highest BCUT2D eigenvalue weighted by Gasteiger charge is 2.13. The molecule has 0 aliphatic heterocycles. The van der Waals surface area contributed by atoms with Crippen molar-refractivity contribution in [3.8, 4) is 0 Å². The topological polar surface area (TPSA) is 46.4 Å². The highest BCUT2D eigenvalue weighted by Crippen LogP contribution is 2.21. The van der Waals surface area contributed by atoms with Crippen molar-refractivity contribution in [1.82, 2.24) is 9.38 Å². The maximum Gasteiger partial charge on any atom is 0.274 e. The first-order chi connectivity index (χ1) is 9.65. The molecule has 6 heteroatoms. The van der Waals surface area contributed by atoms with Gasteiger partial charge >= 0.3 is 0 Å². The lowest BCUT2D eigenvalue weighted by Crippen LogP contribution is -2.14. The van der Waals surface area contributed by atoms with Gasteiger partial charge in [-0.25, -0.2) is 4.98 Å². The number of aromatic nitrogens is 2. The molecule has 100 valence electrons. The van der Waals surface area contributed by atoms with Gasteiger partial charge in [0.25, 0.3) is 5.91 Å². The van der Waals surface area contributed by atoms with Crippen molar-refractivity contribution in [1.29, 1.82) is 0 Å². The minimum absolute atomic E-state index is 0.257. The zero-order valence-electron chi connectivity index (χ0n) is 10.2. The quantitative estimate of drug-likeness (QED) is 0.759. The Balaban J connectivity index is 1.95. The van der Waals surface area contributed by atoms with Gasteiger partial charge in [-0.1, -0.05) is 39.7 Å². The summed E-state index contributed by atoms with van der Waals surface area (Å²) in [6.07, 6.45) is 3.32. The van der Waals surface area contributed by atoms with Crippen molar-refractivity contribution in [3.05, 3.63) is 64.0 Å². The Morgan fingerprint density at radius 2 is 2.10 bits per heavy atom. The molecule has 4 nitrogen and oxygen atoms in total. The van der Waals surface area contributed by atoms with Gasteiger partial charge in [0, 0.05) is 10.7 Å². The Labute approximate surface area is 128 Å². The van der Waals surface area contributed by atoms with Gasteiger partial charge in [0.2, 0.25) is 0 Å². The Kier molecular flexibility index (Phi) is 3.46. The van der Waals surface area contributed by atoms with Crippen LogP contribution in [-0.4, -0.2) is 15.3 Å². The van der Waals surface area contributed by atoms with Gasteiger partial charge in [0.05, 0.1) is 16.9 Å². The summed E-state index contributed by atoms with van der Waals surface area (Å²) >= 11 is 9.40. The summed E-state index contributed by atoms with van der Waals surface area (Å²) in [6.45, 7) is 0. The lowest BCUT2D eigenvalue weighted by Gasteiger charge is -2.06. The van der Waals surface area contributed by atoms with E-state index in [4.69, 9.17) is 11.6 Å². The van der Waals surface area contributed by atoms with Crippen molar-refractivity contribution < 1.29 is 4.79 Å². The molecule has 3 rings (SSSR count). The van der Waals surface area contributed by atoms with E-state index in [1.807, 2.05) is 24.3 Å². The van der Waals surface area contributed by atoms with Crippen LogP contribution in [0.15, 0.2) is 53.3 Å². The average Bonchev–Trinajstić information content (AvgIpc) is 2.84. The number of benzene rings is 1. The van der Waals surface area contributed by atoms with Gasteiger partial charge in [-0.3, -0.25) is 9.20 Å². The van der Waals surface area contributed by atoms with Crippen LogP contribution in [0.4, 0.5) is 5.69 Å². The number of nitrogens with one attached hydrogen (secondary N) is 1. The number of anilines is 1. The van der Waals surface area contributed by atoms with Gasteiger partial charge in [0.1, 0.15) is 11.3 Å². The number of fused-ring (bicyclic) bond motifs is 1. The summed E-state index contributed by atoms with van der Waals surface area (Å²) in [5, 5.41) is 3.27. The van der Waals surface area contributed by atoms with Gasteiger partial charge in [-0.15, -0.1) is 0 Å². The van der Waals surface area contributed by atoms with Crippen LogP contribution in [0.5, 0.6) is 0 Å². The number of halogens is 2. The number of imidazole rings is 1. The lowest BCUT2D eigenvalue weighted by molar-refractivity contribution is 0.102. The molecule has 0 atom stereocenters. The van der Waals surface area contributed by atoms with Crippen molar-refractivity contribution in [2.75, 3.05) is 5.32 Å². The number of rotatable bonds is 2. The molecule has 0 saturated heterocycles. The predicted octanol–water partition coefficient (Wildman–Crippen LogP) is 4.00. The normalized spacial score (nSPS) is 10.7. The monoisotopic (exact) mass is 349 g/mol. The molecular weight excluding hydrogens is 342 g/mol. The fraction of sp³-hybridized carbons (Fsp3) is 0. The molecule has 0 radical (unpaired) electrons. The van der Waals surface area contributed by atoms with E-state index in [0.717, 1.165) is 4.47 Å². The molecule has 20 heavy (non-hydrogen) atoms. The Hall–Kier alpha value is -1.85. The molecule has 0 bridgehead atoms. The van der Waals surface area contributed by atoms with Crippen LogP contribution in [0, 0.1) is 0 Å². The highest BCUT2D eigenvalue weighted by molar-refractivity contribution is 9.10.